The topological polar surface area (TPSA) is 84.6 Å². The summed E-state index contributed by atoms with van der Waals surface area (Å²) in [5.74, 6) is 0.264. The number of fused-ring (bicyclic) bond motifs is 1. The number of piperidine rings is 1. The Balaban J connectivity index is 1.61. The molecule has 2 aliphatic heterocycles. The largest absolute Gasteiger partial charge is 0.370 e. The summed E-state index contributed by atoms with van der Waals surface area (Å²) in [5, 5.41) is 20.4. The van der Waals surface area contributed by atoms with Crippen molar-refractivity contribution in [1.29, 1.82) is 5.26 Å². The van der Waals surface area contributed by atoms with E-state index >= 15 is 0 Å². The van der Waals surface area contributed by atoms with E-state index in [-0.39, 0.29) is 5.92 Å². The molecule has 0 saturated carbocycles. The first kappa shape index (κ1) is 20.5. The van der Waals surface area contributed by atoms with Gasteiger partial charge >= 0.3 is 0 Å². The van der Waals surface area contributed by atoms with Gasteiger partial charge in [0.1, 0.15) is 11.6 Å². The van der Waals surface area contributed by atoms with Crippen LogP contribution in [0, 0.1) is 11.3 Å². The van der Waals surface area contributed by atoms with Gasteiger partial charge in [-0.05, 0) is 42.5 Å². The second-order valence-electron chi connectivity index (χ2n) is 7.98. The lowest BCUT2D eigenvalue weighted by Gasteiger charge is -2.41. The fourth-order valence-electron chi connectivity index (χ4n) is 4.46. The van der Waals surface area contributed by atoms with Gasteiger partial charge in [-0.25, -0.2) is 8.42 Å². The van der Waals surface area contributed by atoms with Crippen LogP contribution in [0.2, 0.25) is 0 Å². The molecule has 2 aromatic carbocycles. The number of rotatable bonds is 3. The zero-order chi connectivity index (χ0) is 21.5. The van der Waals surface area contributed by atoms with E-state index in [4.69, 9.17) is 0 Å². The fraction of sp³-hybridized carbons (Fsp3) is 0.348. The SMILES string of the molecule is CN1c2ccccc2C(N2CCC(c3cccc(S(C)(=O)=O)c3)CC2)=C(C#N)C1O. The Hall–Kier alpha value is -2.82. The Bertz CT molecular complexity index is 1140. The van der Waals surface area contributed by atoms with Crippen molar-refractivity contribution >= 4 is 21.2 Å². The van der Waals surface area contributed by atoms with Crippen LogP contribution in [0.15, 0.2) is 59.0 Å². The van der Waals surface area contributed by atoms with E-state index < -0.39 is 16.1 Å². The number of hydrogen-bond donors (Lipinski definition) is 1. The highest BCUT2D eigenvalue weighted by Crippen LogP contribution is 2.40. The third-order valence-electron chi connectivity index (χ3n) is 6.11. The van der Waals surface area contributed by atoms with Crippen LogP contribution in [0.3, 0.4) is 0 Å². The minimum Gasteiger partial charge on any atom is -0.370 e. The monoisotopic (exact) mass is 423 g/mol. The Morgan fingerprint density at radius 2 is 1.80 bits per heavy atom. The quantitative estimate of drug-likeness (QED) is 0.817. The number of sulfone groups is 1. The third kappa shape index (κ3) is 3.57. The molecule has 30 heavy (non-hydrogen) atoms. The molecule has 7 heteroatoms. The molecule has 6 nitrogen and oxygen atoms in total. The molecule has 156 valence electrons. The van der Waals surface area contributed by atoms with E-state index in [0.29, 0.717) is 10.5 Å². The average molecular weight is 424 g/mol. The molecule has 2 heterocycles. The summed E-state index contributed by atoms with van der Waals surface area (Å²) in [4.78, 5) is 4.26. The van der Waals surface area contributed by atoms with Crippen LogP contribution in [0.25, 0.3) is 5.70 Å². The number of benzene rings is 2. The van der Waals surface area contributed by atoms with E-state index in [2.05, 4.69) is 11.0 Å². The smallest absolute Gasteiger partial charge is 0.175 e. The minimum absolute atomic E-state index is 0.264. The second kappa shape index (κ2) is 7.78. The van der Waals surface area contributed by atoms with Crippen LogP contribution in [-0.4, -0.2) is 51.0 Å². The highest BCUT2D eigenvalue weighted by Gasteiger charge is 2.34. The van der Waals surface area contributed by atoms with Crippen LogP contribution in [0.5, 0.6) is 0 Å². The lowest BCUT2D eigenvalue weighted by molar-refractivity contribution is 0.209. The molecule has 1 fully saturated rings. The third-order valence-corrected chi connectivity index (χ3v) is 7.22. The van der Waals surface area contributed by atoms with Crippen LogP contribution >= 0.6 is 0 Å². The summed E-state index contributed by atoms with van der Waals surface area (Å²) in [5.41, 5.74) is 4.08. The second-order valence-corrected chi connectivity index (χ2v) is 10.00. The van der Waals surface area contributed by atoms with E-state index in [1.54, 1.807) is 30.1 Å². The Morgan fingerprint density at radius 3 is 2.47 bits per heavy atom. The van der Waals surface area contributed by atoms with Crippen LogP contribution in [0.4, 0.5) is 5.69 Å². The minimum atomic E-state index is -3.23. The van der Waals surface area contributed by atoms with Crippen molar-refractivity contribution < 1.29 is 13.5 Å². The van der Waals surface area contributed by atoms with Gasteiger partial charge < -0.3 is 14.9 Å². The Labute approximate surface area is 177 Å². The number of hydrogen-bond acceptors (Lipinski definition) is 6. The molecule has 4 rings (SSSR count). The lowest BCUT2D eigenvalue weighted by atomic mass is 9.88. The van der Waals surface area contributed by atoms with Gasteiger partial charge in [-0.3, -0.25) is 0 Å². The molecule has 0 bridgehead atoms. The van der Waals surface area contributed by atoms with Crippen molar-refractivity contribution in [3.63, 3.8) is 0 Å². The van der Waals surface area contributed by atoms with Gasteiger partial charge in [0.25, 0.3) is 0 Å². The Kier molecular flexibility index (Phi) is 5.31. The van der Waals surface area contributed by atoms with Gasteiger partial charge in [-0.15, -0.1) is 0 Å². The normalized spacial score (nSPS) is 20.1. The molecule has 0 aromatic heterocycles. The highest BCUT2D eigenvalue weighted by atomic mass is 32.2. The van der Waals surface area contributed by atoms with Gasteiger partial charge in [0.15, 0.2) is 16.1 Å². The van der Waals surface area contributed by atoms with Crippen LogP contribution in [-0.2, 0) is 9.84 Å². The first-order chi connectivity index (χ1) is 14.3. The Morgan fingerprint density at radius 1 is 1.10 bits per heavy atom. The summed E-state index contributed by atoms with van der Waals surface area (Å²) in [6.45, 7) is 1.47. The van der Waals surface area contributed by atoms with Crippen LogP contribution in [0.1, 0.15) is 29.9 Å². The molecule has 0 amide bonds. The number of aliphatic hydroxyl groups is 1. The molecule has 1 unspecified atom stereocenters. The predicted molar refractivity (Wildman–Crippen MR) is 116 cm³/mol. The van der Waals surface area contributed by atoms with Gasteiger partial charge in [-0.2, -0.15) is 5.26 Å². The van der Waals surface area contributed by atoms with Gasteiger partial charge in [0.2, 0.25) is 0 Å². The molecular weight excluding hydrogens is 398 g/mol. The maximum atomic E-state index is 11.9. The molecule has 1 saturated heterocycles. The first-order valence-corrected chi connectivity index (χ1v) is 11.9. The van der Waals surface area contributed by atoms with Crippen molar-refractivity contribution in [3.8, 4) is 6.07 Å². The molecule has 1 atom stereocenters. The average Bonchev–Trinajstić information content (AvgIpc) is 2.76. The zero-order valence-electron chi connectivity index (χ0n) is 17.1. The number of nitriles is 1. The molecule has 0 radical (unpaired) electrons. The molecule has 2 aliphatic rings. The fourth-order valence-corrected chi connectivity index (χ4v) is 5.14. The van der Waals surface area contributed by atoms with Crippen molar-refractivity contribution in [3.05, 3.63) is 65.2 Å². The van der Waals surface area contributed by atoms with E-state index in [1.807, 2.05) is 30.3 Å². The van der Waals surface area contributed by atoms with Crippen molar-refractivity contribution in [2.75, 3.05) is 31.3 Å². The summed E-state index contributed by atoms with van der Waals surface area (Å²) in [6, 6.07) is 17.3. The summed E-state index contributed by atoms with van der Waals surface area (Å²) >= 11 is 0. The van der Waals surface area contributed by atoms with Crippen molar-refractivity contribution in [1.82, 2.24) is 4.90 Å². The molecule has 2 aromatic rings. The lowest BCUT2D eigenvalue weighted by Crippen LogP contribution is -2.41. The number of nitrogens with zero attached hydrogens (tertiary/aromatic N) is 3. The number of likely N-dealkylation sites (tertiary alicyclic amines) is 1. The molecule has 1 N–H and O–H groups in total. The van der Waals surface area contributed by atoms with E-state index in [1.165, 1.54) is 6.26 Å². The zero-order valence-corrected chi connectivity index (χ0v) is 17.9. The number of anilines is 1. The number of aliphatic hydroxyl groups excluding tert-OH is 1. The molecule has 0 spiro atoms. The standard InChI is InChI=1S/C23H25N3O3S/c1-25-21-9-4-3-8-19(21)22(20(15-24)23(25)27)26-12-10-16(11-13-26)17-6-5-7-18(14-17)30(2,28)29/h3-9,14,16,23,27H,10-13H2,1-2H3. The van der Waals surface area contributed by atoms with E-state index in [9.17, 15) is 18.8 Å². The van der Waals surface area contributed by atoms with Crippen LogP contribution < -0.4 is 4.90 Å². The van der Waals surface area contributed by atoms with E-state index in [0.717, 1.165) is 48.4 Å². The predicted octanol–water partition coefficient (Wildman–Crippen LogP) is 2.97. The maximum Gasteiger partial charge on any atom is 0.175 e. The van der Waals surface area contributed by atoms with Crippen molar-refractivity contribution in [2.24, 2.45) is 0 Å². The van der Waals surface area contributed by atoms with Gasteiger partial charge in [-0.1, -0.05) is 30.3 Å². The van der Waals surface area contributed by atoms with Gasteiger partial charge in [0, 0.05) is 37.6 Å². The summed E-state index contributed by atoms with van der Waals surface area (Å²) in [6.07, 6.45) is 1.96. The maximum absolute atomic E-state index is 11.9. The molecule has 0 aliphatic carbocycles. The number of likely N-dealkylation sites (N-methyl/N-ethyl adjacent to an activating group) is 1. The summed E-state index contributed by atoms with van der Waals surface area (Å²) < 4.78 is 23.8. The van der Waals surface area contributed by atoms with Crippen molar-refractivity contribution in [2.45, 2.75) is 29.9 Å². The first-order valence-electron chi connectivity index (χ1n) is 10.0. The summed E-state index contributed by atoms with van der Waals surface area (Å²) in [7, 11) is -1.44. The highest BCUT2D eigenvalue weighted by molar-refractivity contribution is 7.90. The number of para-hydroxylation sites is 1. The molecular formula is C23H25N3O3S. The van der Waals surface area contributed by atoms with Gasteiger partial charge in [0.05, 0.1) is 10.6 Å².